The molecule has 0 N–H and O–H groups in total. The third kappa shape index (κ3) is 2.32. The van der Waals surface area contributed by atoms with E-state index in [2.05, 4.69) is 26.9 Å². The Kier molecular flexibility index (Phi) is 3.35. The molecule has 4 rings (SSSR count). The molecule has 0 atom stereocenters. The van der Waals surface area contributed by atoms with Crippen LogP contribution in [-0.2, 0) is 19.3 Å². The van der Waals surface area contributed by atoms with Crippen molar-refractivity contribution in [3.8, 4) is 0 Å². The van der Waals surface area contributed by atoms with Crippen LogP contribution in [0.2, 0.25) is 0 Å². The average Bonchev–Trinajstić information content (AvgIpc) is 3.20. The number of aryl methyl sites for hydroxylation is 2. The molecule has 0 unspecified atom stereocenters. The van der Waals surface area contributed by atoms with Gasteiger partial charge in [-0.05, 0) is 24.8 Å². The number of hydrogen-bond donors (Lipinski definition) is 0. The molecule has 21 heavy (non-hydrogen) atoms. The third-order valence-corrected chi connectivity index (χ3v) is 6.03. The van der Waals surface area contributed by atoms with E-state index in [-0.39, 0.29) is 0 Å². The third-order valence-electron chi connectivity index (χ3n) is 3.99. The Morgan fingerprint density at radius 3 is 3.05 bits per heavy atom. The normalized spacial score (nSPS) is 13.8. The van der Waals surface area contributed by atoms with Gasteiger partial charge in [-0.25, -0.2) is 15.0 Å². The highest BCUT2D eigenvalue weighted by Crippen LogP contribution is 2.39. The second-order valence-corrected chi connectivity index (χ2v) is 7.39. The van der Waals surface area contributed by atoms with Gasteiger partial charge in [0.25, 0.3) is 0 Å². The van der Waals surface area contributed by atoms with Crippen LogP contribution in [0, 0.1) is 0 Å². The Morgan fingerprint density at radius 2 is 2.19 bits per heavy atom. The van der Waals surface area contributed by atoms with E-state index in [4.69, 9.17) is 0 Å². The summed E-state index contributed by atoms with van der Waals surface area (Å²) in [7, 11) is 2.12. The lowest BCUT2D eigenvalue weighted by Gasteiger charge is -2.18. The van der Waals surface area contributed by atoms with Gasteiger partial charge in [0.2, 0.25) is 0 Å². The summed E-state index contributed by atoms with van der Waals surface area (Å²) in [5, 5.41) is 4.50. The molecular formula is C15H16N4S2. The van der Waals surface area contributed by atoms with Crippen LogP contribution in [0.1, 0.15) is 21.9 Å². The van der Waals surface area contributed by atoms with Crippen LogP contribution in [0.5, 0.6) is 0 Å². The zero-order valence-corrected chi connectivity index (χ0v) is 13.5. The first-order valence-electron chi connectivity index (χ1n) is 7.17. The second kappa shape index (κ2) is 5.35. The van der Waals surface area contributed by atoms with Crippen molar-refractivity contribution in [3.63, 3.8) is 0 Å². The van der Waals surface area contributed by atoms with E-state index in [0.717, 1.165) is 23.6 Å². The molecule has 1 aliphatic rings. The van der Waals surface area contributed by atoms with Gasteiger partial charge in [-0.3, -0.25) is 0 Å². The molecule has 0 radical (unpaired) electrons. The minimum atomic E-state index is 0.935. The summed E-state index contributed by atoms with van der Waals surface area (Å²) >= 11 is 3.56. The fraction of sp³-hybridized carbons (Fsp3) is 0.400. The number of rotatable bonds is 4. The van der Waals surface area contributed by atoms with Crippen molar-refractivity contribution < 1.29 is 0 Å². The minimum Gasteiger partial charge on any atom is -0.359 e. The maximum Gasteiger partial charge on any atom is 0.140 e. The summed E-state index contributed by atoms with van der Waals surface area (Å²) in [6.07, 6.45) is 8.19. The number of thiazole rings is 1. The zero-order chi connectivity index (χ0) is 14.2. The van der Waals surface area contributed by atoms with Crippen LogP contribution in [0.25, 0.3) is 10.2 Å². The lowest BCUT2D eigenvalue weighted by atomic mass is 10.2. The van der Waals surface area contributed by atoms with Crippen LogP contribution >= 0.6 is 22.7 Å². The summed E-state index contributed by atoms with van der Waals surface area (Å²) in [5.41, 5.74) is 1.49. The van der Waals surface area contributed by atoms with E-state index in [0.29, 0.717) is 0 Å². The SMILES string of the molecule is CN(CCc1nccs1)c1ncnc2sc3c(c12)CCC3. The molecule has 0 aliphatic heterocycles. The van der Waals surface area contributed by atoms with Crippen molar-refractivity contribution in [2.75, 3.05) is 18.5 Å². The van der Waals surface area contributed by atoms with E-state index < -0.39 is 0 Å². The number of nitrogens with zero attached hydrogens (tertiary/aromatic N) is 4. The number of likely N-dealkylation sites (N-methyl/N-ethyl adjacent to an activating group) is 1. The maximum absolute atomic E-state index is 4.56. The second-order valence-electron chi connectivity index (χ2n) is 5.33. The van der Waals surface area contributed by atoms with Crippen LogP contribution < -0.4 is 4.90 Å². The van der Waals surface area contributed by atoms with Crippen molar-refractivity contribution in [3.05, 3.63) is 33.4 Å². The molecule has 1 aliphatic carbocycles. The summed E-state index contributed by atoms with van der Waals surface area (Å²) in [6, 6.07) is 0. The molecule has 0 saturated heterocycles. The molecule has 4 nitrogen and oxygen atoms in total. The van der Waals surface area contributed by atoms with E-state index in [1.54, 1.807) is 17.7 Å². The predicted molar refractivity (Wildman–Crippen MR) is 88.5 cm³/mol. The Labute approximate surface area is 131 Å². The number of anilines is 1. The van der Waals surface area contributed by atoms with Crippen molar-refractivity contribution >= 4 is 38.7 Å². The standard InChI is InChI=1S/C15H16N4S2/c1-19(7-5-12-16-6-8-20-12)14-13-10-3-2-4-11(10)21-15(13)18-9-17-14/h6,8-9H,2-5,7H2,1H3. The maximum atomic E-state index is 4.56. The van der Waals surface area contributed by atoms with Crippen molar-refractivity contribution in [2.24, 2.45) is 0 Å². The van der Waals surface area contributed by atoms with E-state index in [1.807, 2.05) is 22.9 Å². The molecule has 3 aromatic heterocycles. The first kappa shape index (κ1) is 13.2. The summed E-state index contributed by atoms with van der Waals surface area (Å²) in [4.78, 5) is 18.3. The number of fused-ring (bicyclic) bond motifs is 3. The fourth-order valence-corrected chi connectivity index (χ4v) is 4.78. The number of thiophene rings is 1. The topological polar surface area (TPSA) is 41.9 Å². The van der Waals surface area contributed by atoms with Crippen LogP contribution in [0.15, 0.2) is 17.9 Å². The smallest absolute Gasteiger partial charge is 0.140 e. The van der Waals surface area contributed by atoms with Gasteiger partial charge in [-0.15, -0.1) is 22.7 Å². The molecule has 0 saturated carbocycles. The molecule has 108 valence electrons. The van der Waals surface area contributed by atoms with Gasteiger partial charge in [0.05, 0.1) is 10.4 Å². The largest absolute Gasteiger partial charge is 0.359 e. The van der Waals surface area contributed by atoms with E-state index in [1.165, 1.54) is 40.1 Å². The summed E-state index contributed by atoms with van der Waals surface area (Å²) in [6.45, 7) is 0.935. The monoisotopic (exact) mass is 316 g/mol. The summed E-state index contributed by atoms with van der Waals surface area (Å²) < 4.78 is 0. The molecule has 3 aromatic rings. The predicted octanol–water partition coefficient (Wildman–Crippen LogP) is 3.32. The Morgan fingerprint density at radius 1 is 1.24 bits per heavy atom. The van der Waals surface area contributed by atoms with E-state index in [9.17, 15) is 0 Å². The van der Waals surface area contributed by atoms with Crippen LogP contribution in [0.3, 0.4) is 0 Å². The van der Waals surface area contributed by atoms with Gasteiger partial charge in [0, 0.05) is 36.5 Å². The Hall–Kier alpha value is -1.53. The molecule has 0 fully saturated rings. The van der Waals surface area contributed by atoms with Gasteiger partial charge in [-0.2, -0.15) is 0 Å². The van der Waals surface area contributed by atoms with Gasteiger partial charge in [0.15, 0.2) is 0 Å². The average molecular weight is 316 g/mol. The van der Waals surface area contributed by atoms with Gasteiger partial charge in [0.1, 0.15) is 17.0 Å². The Bertz CT molecular complexity index is 763. The molecule has 0 aromatic carbocycles. The zero-order valence-electron chi connectivity index (χ0n) is 11.9. The van der Waals surface area contributed by atoms with Gasteiger partial charge < -0.3 is 4.90 Å². The molecule has 0 amide bonds. The Balaban J connectivity index is 1.66. The molecule has 3 heterocycles. The lowest BCUT2D eigenvalue weighted by Crippen LogP contribution is -2.21. The van der Waals surface area contributed by atoms with Crippen molar-refractivity contribution in [2.45, 2.75) is 25.7 Å². The number of aromatic nitrogens is 3. The quantitative estimate of drug-likeness (QED) is 0.740. The fourth-order valence-electron chi connectivity index (χ4n) is 2.95. The number of hydrogen-bond acceptors (Lipinski definition) is 6. The minimum absolute atomic E-state index is 0.935. The van der Waals surface area contributed by atoms with Gasteiger partial charge >= 0.3 is 0 Å². The first-order chi connectivity index (χ1) is 10.3. The molecule has 0 spiro atoms. The highest BCUT2D eigenvalue weighted by molar-refractivity contribution is 7.19. The molecule has 6 heteroatoms. The van der Waals surface area contributed by atoms with Crippen molar-refractivity contribution in [1.29, 1.82) is 0 Å². The van der Waals surface area contributed by atoms with E-state index >= 15 is 0 Å². The van der Waals surface area contributed by atoms with Crippen LogP contribution in [0.4, 0.5) is 5.82 Å². The van der Waals surface area contributed by atoms with Crippen molar-refractivity contribution in [1.82, 2.24) is 15.0 Å². The van der Waals surface area contributed by atoms with Crippen LogP contribution in [-0.4, -0.2) is 28.5 Å². The summed E-state index contributed by atoms with van der Waals surface area (Å²) in [5.74, 6) is 1.08. The highest BCUT2D eigenvalue weighted by Gasteiger charge is 2.22. The first-order valence-corrected chi connectivity index (χ1v) is 8.87. The molecular weight excluding hydrogens is 300 g/mol. The highest BCUT2D eigenvalue weighted by atomic mass is 32.1. The molecule has 0 bridgehead atoms. The van der Waals surface area contributed by atoms with Gasteiger partial charge in [-0.1, -0.05) is 0 Å². The lowest BCUT2D eigenvalue weighted by molar-refractivity contribution is 0.854.